The summed E-state index contributed by atoms with van der Waals surface area (Å²) in [6, 6.07) is 7.29. The van der Waals surface area contributed by atoms with Crippen LogP contribution in [0.4, 0.5) is 0 Å². The van der Waals surface area contributed by atoms with E-state index in [2.05, 4.69) is 20.3 Å². The molecule has 9 nitrogen and oxygen atoms in total. The summed E-state index contributed by atoms with van der Waals surface area (Å²) in [6.45, 7) is 2.66. The lowest BCUT2D eigenvalue weighted by atomic mass is 10.2. The Morgan fingerprint density at radius 3 is 2.87 bits per heavy atom. The lowest BCUT2D eigenvalue weighted by Gasteiger charge is -2.06. The van der Waals surface area contributed by atoms with Gasteiger partial charge in [0.1, 0.15) is 5.75 Å². The molecular weight excluding hydrogens is 410 g/mol. The highest BCUT2D eigenvalue weighted by Crippen LogP contribution is 2.23. The van der Waals surface area contributed by atoms with Crippen molar-refractivity contribution in [2.75, 3.05) is 20.3 Å². The molecule has 30 heavy (non-hydrogen) atoms. The average Bonchev–Trinajstić information content (AvgIpc) is 3.07. The summed E-state index contributed by atoms with van der Waals surface area (Å²) in [5.74, 6) is -0.566. The van der Waals surface area contributed by atoms with Gasteiger partial charge in [0.15, 0.2) is 5.17 Å². The first-order valence-electron chi connectivity index (χ1n) is 9.30. The maximum absolute atomic E-state index is 11.7. The molecule has 0 atom stereocenters. The van der Waals surface area contributed by atoms with E-state index in [0.717, 1.165) is 29.8 Å². The van der Waals surface area contributed by atoms with Gasteiger partial charge in [-0.1, -0.05) is 12.1 Å². The van der Waals surface area contributed by atoms with Crippen molar-refractivity contribution >= 4 is 41.0 Å². The third-order valence-corrected chi connectivity index (χ3v) is 4.56. The second-order valence-electron chi connectivity index (χ2n) is 5.92. The summed E-state index contributed by atoms with van der Waals surface area (Å²) in [5, 5.41) is 10.7. The van der Waals surface area contributed by atoms with Crippen LogP contribution in [0.25, 0.3) is 0 Å². The van der Waals surface area contributed by atoms with Gasteiger partial charge in [-0.25, -0.2) is 4.79 Å². The number of benzene rings is 1. The minimum absolute atomic E-state index is 0.189. The lowest BCUT2D eigenvalue weighted by molar-refractivity contribution is -0.143. The fourth-order valence-electron chi connectivity index (χ4n) is 2.27. The van der Waals surface area contributed by atoms with Crippen LogP contribution in [-0.2, 0) is 23.9 Å². The molecule has 1 N–H and O–H groups in total. The Kier molecular flexibility index (Phi) is 9.59. The van der Waals surface area contributed by atoms with Gasteiger partial charge in [0, 0.05) is 12.5 Å². The topological polar surface area (TPSA) is 116 Å². The van der Waals surface area contributed by atoms with Gasteiger partial charge in [0.05, 0.1) is 31.4 Å². The molecule has 0 unspecified atom stereocenters. The van der Waals surface area contributed by atoms with Crippen LogP contribution < -0.4 is 10.1 Å². The Balaban J connectivity index is 1.82. The van der Waals surface area contributed by atoms with E-state index in [4.69, 9.17) is 9.47 Å². The number of amidine groups is 1. The van der Waals surface area contributed by atoms with Crippen molar-refractivity contribution in [1.82, 2.24) is 5.32 Å². The van der Waals surface area contributed by atoms with Gasteiger partial charge in [-0.3, -0.25) is 14.9 Å². The van der Waals surface area contributed by atoms with Crippen LogP contribution in [0.1, 0.15) is 31.7 Å². The Morgan fingerprint density at radius 2 is 2.10 bits per heavy atom. The summed E-state index contributed by atoms with van der Waals surface area (Å²) in [4.78, 5) is 34.4. The van der Waals surface area contributed by atoms with Crippen molar-refractivity contribution in [2.24, 2.45) is 10.2 Å². The Hall–Kier alpha value is -3.14. The molecule has 1 aliphatic heterocycles. The molecule has 1 amide bonds. The molecular formula is C20H23N3O6S. The molecule has 0 aromatic heterocycles. The first-order chi connectivity index (χ1) is 14.5. The molecule has 10 heteroatoms. The third-order valence-electron chi connectivity index (χ3n) is 3.66. The first kappa shape index (κ1) is 23.1. The number of thioether (sulfide) groups is 1. The molecule has 1 heterocycles. The second kappa shape index (κ2) is 12.4. The molecule has 2 rings (SSSR count). The standard InChI is InChI=1S/C20H23N3O6S/c1-3-28-17(24)9-4-5-10-29-15-8-6-7-14(11-15)13-21-23-20-22-19(26)16(30-20)12-18(25)27-2/h6-8,11-13H,3-5,9-10H2,1-2H3,(H,22,23,26)/b16-12+,21-13?. The van der Waals surface area contributed by atoms with Crippen LogP contribution in [0.2, 0.25) is 0 Å². The van der Waals surface area contributed by atoms with E-state index in [-0.39, 0.29) is 16.0 Å². The summed E-state index contributed by atoms with van der Waals surface area (Å²) in [6.07, 6.45) is 4.45. The average molecular weight is 433 g/mol. The van der Waals surface area contributed by atoms with Crippen molar-refractivity contribution in [1.29, 1.82) is 0 Å². The van der Waals surface area contributed by atoms with Crippen molar-refractivity contribution < 1.29 is 28.6 Å². The zero-order valence-corrected chi connectivity index (χ0v) is 17.6. The molecule has 1 aliphatic rings. The lowest BCUT2D eigenvalue weighted by Crippen LogP contribution is -2.19. The molecule has 1 aromatic rings. The second-order valence-corrected chi connectivity index (χ2v) is 6.95. The summed E-state index contributed by atoms with van der Waals surface area (Å²) >= 11 is 1.000. The molecule has 0 bridgehead atoms. The minimum atomic E-state index is -0.616. The molecule has 1 fully saturated rings. The number of carbonyl (C=O) groups excluding carboxylic acids is 3. The minimum Gasteiger partial charge on any atom is -0.494 e. The number of nitrogens with one attached hydrogen (secondary N) is 1. The zero-order chi connectivity index (χ0) is 21.8. The van der Waals surface area contributed by atoms with Gasteiger partial charge in [0.2, 0.25) is 0 Å². The van der Waals surface area contributed by atoms with Crippen molar-refractivity contribution in [3.63, 3.8) is 0 Å². The Labute approximate surface area is 178 Å². The van der Waals surface area contributed by atoms with Gasteiger partial charge in [-0.05, 0) is 49.2 Å². The van der Waals surface area contributed by atoms with Gasteiger partial charge in [0.25, 0.3) is 5.91 Å². The fourth-order valence-corrected chi connectivity index (χ4v) is 3.01. The predicted molar refractivity (Wildman–Crippen MR) is 113 cm³/mol. The number of amides is 1. The molecule has 0 saturated carbocycles. The number of esters is 2. The number of hydrogen-bond donors (Lipinski definition) is 1. The van der Waals surface area contributed by atoms with Crippen molar-refractivity contribution in [3.8, 4) is 5.75 Å². The molecule has 160 valence electrons. The van der Waals surface area contributed by atoms with Crippen LogP contribution in [0.15, 0.2) is 45.4 Å². The molecule has 0 radical (unpaired) electrons. The SMILES string of the molecule is CCOC(=O)CCCCOc1cccc(C=N/N=C2/NC(=O)/C(=C\C(=O)OC)S2)c1. The van der Waals surface area contributed by atoms with Crippen LogP contribution in [-0.4, -0.2) is 49.6 Å². The van der Waals surface area contributed by atoms with E-state index in [1.165, 1.54) is 13.3 Å². The molecule has 1 saturated heterocycles. The van der Waals surface area contributed by atoms with E-state index < -0.39 is 11.9 Å². The maximum Gasteiger partial charge on any atom is 0.331 e. The summed E-state index contributed by atoms with van der Waals surface area (Å²) < 4.78 is 15.1. The highest BCUT2D eigenvalue weighted by Gasteiger charge is 2.24. The van der Waals surface area contributed by atoms with Gasteiger partial charge in [-0.2, -0.15) is 5.10 Å². The highest BCUT2D eigenvalue weighted by molar-refractivity contribution is 8.18. The van der Waals surface area contributed by atoms with Crippen molar-refractivity contribution in [2.45, 2.75) is 26.2 Å². The first-order valence-corrected chi connectivity index (χ1v) is 10.1. The van der Waals surface area contributed by atoms with Gasteiger partial charge in [-0.15, -0.1) is 5.10 Å². The number of ether oxygens (including phenoxy) is 3. The van der Waals surface area contributed by atoms with E-state index in [0.29, 0.717) is 31.8 Å². The zero-order valence-electron chi connectivity index (χ0n) is 16.8. The normalized spacial score (nSPS) is 16.1. The third kappa shape index (κ3) is 8.08. The highest BCUT2D eigenvalue weighted by atomic mass is 32.2. The Bertz CT molecular complexity index is 866. The number of carbonyl (C=O) groups is 3. The number of methoxy groups -OCH3 is 1. The number of unbranched alkanes of at least 4 members (excludes halogenated alkanes) is 1. The Morgan fingerprint density at radius 1 is 1.27 bits per heavy atom. The van der Waals surface area contributed by atoms with E-state index in [1.54, 1.807) is 13.0 Å². The number of nitrogens with zero attached hydrogens (tertiary/aromatic N) is 2. The van der Waals surface area contributed by atoms with Crippen LogP contribution in [0.3, 0.4) is 0 Å². The molecule has 0 aliphatic carbocycles. The number of rotatable bonds is 10. The summed E-state index contributed by atoms with van der Waals surface area (Å²) in [7, 11) is 1.23. The van der Waals surface area contributed by atoms with Gasteiger partial charge < -0.3 is 14.2 Å². The quantitative estimate of drug-likeness (QED) is 0.198. The predicted octanol–water partition coefficient (Wildman–Crippen LogP) is 2.41. The van der Waals surface area contributed by atoms with Gasteiger partial charge >= 0.3 is 11.9 Å². The van der Waals surface area contributed by atoms with Crippen molar-refractivity contribution in [3.05, 3.63) is 40.8 Å². The maximum atomic E-state index is 11.7. The monoisotopic (exact) mass is 433 g/mol. The van der Waals surface area contributed by atoms with E-state index in [1.807, 2.05) is 18.2 Å². The fraction of sp³-hybridized carbons (Fsp3) is 0.350. The summed E-state index contributed by atoms with van der Waals surface area (Å²) in [5.41, 5.74) is 0.767. The largest absolute Gasteiger partial charge is 0.494 e. The van der Waals surface area contributed by atoms with E-state index >= 15 is 0 Å². The van der Waals surface area contributed by atoms with Crippen LogP contribution in [0, 0.1) is 0 Å². The van der Waals surface area contributed by atoms with Crippen LogP contribution >= 0.6 is 11.8 Å². The number of hydrogen-bond acceptors (Lipinski definition) is 9. The molecule has 1 aromatic carbocycles. The molecule has 0 spiro atoms. The smallest absolute Gasteiger partial charge is 0.331 e. The van der Waals surface area contributed by atoms with E-state index in [9.17, 15) is 14.4 Å². The van der Waals surface area contributed by atoms with Crippen LogP contribution in [0.5, 0.6) is 5.75 Å².